The monoisotopic (exact) mass is 211 g/mol. The van der Waals surface area contributed by atoms with Crippen molar-refractivity contribution in [3.8, 4) is 0 Å². The van der Waals surface area contributed by atoms with Crippen molar-refractivity contribution in [1.29, 1.82) is 0 Å². The van der Waals surface area contributed by atoms with Crippen LogP contribution in [0.2, 0.25) is 0 Å². The summed E-state index contributed by atoms with van der Waals surface area (Å²) in [5.74, 6) is 0.279. The fraction of sp³-hybridized carbons (Fsp3) is 0.600. The molecular weight excluding hydrogens is 194 g/mol. The Bertz CT molecular complexity index is 379. The minimum absolute atomic E-state index is 0.163. The van der Waals surface area contributed by atoms with E-state index in [1.54, 1.807) is 30.8 Å². The molecule has 5 nitrogen and oxygen atoms in total. The molecule has 0 aliphatic carbocycles. The van der Waals surface area contributed by atoms with Gasteiger partial charge in [-0.25, -0.2) is 4.98 Å². The molecule has 1 aromatic rings. The first kappa shape index (κ1) is 11.7. The van der Waals surface area contributed by atoms with E-state index in [1.807, 2.05) is 6.92 Å². The molecule has 0 atom stereocenters. The van der Waals surface area contributed by atoms with E-state index in [4.69, 9.17) is 0 Å². The number of nitrogens with one attached hydrogen (secondary N) is 1. The van der Waals surface area contributed by atoms with Crippen LogP contribution in [0.1, 0.15) is 20.8 Å². The summed E-state index contributed by atoms with van der Waals surface area (Å²) in [6, 6.07) is 0. The molecule has 5 heteroatoms. The minimum Gasteiger partial charge on any atom is -0.389 e. The van der Waals surface area contributed by atoms with Gasteiger partial charge in [0.1, 0.15) is 0 Å². The lowest BCUT2D eigenvalue weighted by Gasteiger charge is -2.17. The highest BCUT2D eigenvalue weighted by Gasteiger charge is 2.13. The first-order valence-electron chi connectivity index (χ1n) is 4.96. The Balaban J connectivity index is 2.83. The van der Waals surface area contributed by atoms with Crippen molar-refractivity contribution in [3.05, 3.63) is 22.7 Å². The number of hydrogen-bond acceptors (Lipinski definition) is 4. The van der Waals surface area contributed by atoms with Gasteiger partial charge in [-0.2, -0.15) is 0 Å². The zero-order chi connectivity index (χ0) is 11.5. The maximum Gasteiger partial charge on any atom is 0.293 e. The summed E-state index contributed by atoms with van der Waals surface area (Å²) >= 11 is 0. The van der Waals surface area contributed by atoms with E-state index in [-0.39, 0.29) is 11.4 Å². The predicted octanol–water partition coefficient (Wildman–Crippen LogP) is 0.446. The molecule has 0 aromatic carbocycles. The van der Waals surface area contributed by atoms with Gasteiger partial charge in [0.15, 0.2) is 5.82 Å². The molecule has 0 aliphatic rings. The highest BCUT2D eigenvalue weighted by atomic mass is 16.3. The lowest BCUT2D eigenvalue weighted by Crippen LogP contribution is -2.33. The zero-order valence-electron chi connectivity index (χ0n) is 9.32. The van der Waals surface area contributed by atoms with Crippen molar-refractivity contribution >= 4 is 5.82 Å². The largest absolute Gasteiger partial charge is 0.389 e. The molecule has 0 saturated heterocycles. The Morgan fingerprint density at radius 2 is 2.27 bits per heavy atom. The van der Waals surface area contributed by atoms with Gasteiger partial charge in [-0.05, 0) is 20.8 Å². The number of aliphatic hydroxyl groups is 1. The molecule has 1 aromatic heterocycles. The standard InChI is InChI=1S/C10H17N3O2/c1-4-13-6-5-11-8(9(13)14)12-7-10(2,3)15/h5-6,15H,4,7H2,1-3H3,(H,11,12). The Kier molecular flexibility index (Phi) is 3.47. The number of rotatable bonds is 4. The maximum atomic E-state index is 11.7. The summed E-state index contributed by atoms with van der Waals surface area (Å²) in [5, 5.41) is 12.3. The van der Waals surface area contributed by atoms with Gasteiger partial charge in [-0.1, -0.05) is 0 Å². The molecule has 0 saturated carbocycles. The van der Waals surface area contributed by atoms with Gasteiger partial charge in [0.05, 0.1) is 5.60 Å². The van der Waals surface area contributed by atoms with E-state index in [0.717, 1.165) is 0 Å². The van der Waals surface area contributed by atoms with Crippen LogP contribution in [-0.2, 0) is 6.54 Å². The summed E-state index contributed by atoms with van der Waals surface area (Å²) in [4.78, 5) is 15.6. The van der Waals surface area contributed by atoms with Crippen LogP contribution >= 0.6 is 0 Å². The van der Waals surface area contributed by atoms with E-state index in [1.165, 1.54) is 0 Å². The first-order valence-corrected chi connectivity index (χ1v) is 4.96. The summed E-state index contributed by atoms with van der Waals surface area (Å²) in [7, 11) is 0. The zero-order valence-corrected chi connectivity index (χ0v) is 9.32. The molecule has 0 radical (unpaired) electrons. The fourth-order valence-electron chi connectivity index (χ4n) is 1.12. The number of anilines is 1. The van der Waals surface area contributed by atoms with Gasteiger partial charge in [0.25, 0.3) is 5.56 Å². The fourth-order valence-corrected chi connectivity index (χ4v) is 1.12. The predicted molar refractivity (Wildman–Crippen MR) is 59.0 cm³/mol. The Labute approximate surface area is 88.8 Å². The lowest BCUT2D eigenvalue weighted by atomic mass is 10.1. The SMILES string of the molecule is CCn1ccnc(NCC(C)(C)O)c1=O. The molecule has 0 fully saturated rings. The molecule has 15 heavy (non-hydrogen) atoms. The maximum absolute atomic E-state index is 11.7. The third-order valence-electron chi connectivity index (χ3n) is 1.94. The van der Waals surface area contributed by atoms with Gasteiger partial charge in [-0.3, -0.25) is 4.79 Å². The second kappa shape index (κ2) is 4.44. The van der Waals surface area contributed by atoms with Crippen LogP contribution in [0.3, 0.4) is 0 Å². The topological polar surface area (TPSA) is 67.2 Å². The van der Waals surface area contributed by atoms with Crippen LogP contribution in [0.25, 0.3) is 0 Å². The minimum atomic E-state index is -0.860. The van der Waals surface area contributed by atoms with Crippen LogP contribution in [-0.4, -0.2) is 26.8 Å². The van der Waals surface area contributed by atoms with Crippen molar-refractivity contribution in [2.24, 2.45) is 0 Å². The molecule has 1 heterocycles. The van der Waals surface area contributed by atoms with Crippen LogP contribution in [0, 0.1) is 0 Å². The van der Waals surface area contributed by atoms with Crippen LogP contribution in [0.15, 0.2) is 17.2 Å². The highest BCUT2D eigenvalue weighted by molar-refractivity contribution is 5.31. The van der Waals surface area contributed by atoms with Crippen molar-refractivity contribution in [2.75, 3.05) is 11.9 Å². The Morgan fingerprint density at radius 1 is 1.60 bits per heavy atom. The lowest BCUT2D eigenvalue weighted by molar-refractivity contribution is 0.0944. The van der Waals surface area contributed by atoms with Crippen LogP contribution < -0.4 is 10.9 Å². The third kappa shape index (κ3) is 3.36. The normalized spacial score (nSPS) is 11.5. The van der Waals surface area contributed by atoms with E-state index >= 15 is 0 Å². The molecule has 0 unspecified atom stereocenters. The quantitative estimate of drug-likeness (QED) is 0.758. The van der Waals surface area contributed by atoms with E-state index in [2.05, 4.69) is 10.3 Å². The van der Waals surface area contributed by atoms with Crippen molar-refractivity contribution in [2.45, 2.75) is 32.9 Å². The average Bonchev–Trinajstić information content (AvgIpc) is 2.15. The average molecular weight is 211 g/mol. The number of aromatic nitrogens is 2. The van der Waals surface area contributed by atoms with Crippen molar-refractivity contribution < 1.29 is 5.11 Å². The smallest absolute Gasteiger partial charge is 0.293 e. The van der Waals surface area contributed by atoms with Crippen molar-refractivity contribution in [1.82, 2.24) is 9.55 Å². The number of aryl methyl sites for hydroxylation is 1. The molecular formula is C10H17N3O2. The summed E-state index contributed by atoms with van der Waals surface area (Å²) in [6.45, 7) is 6.13. The van der Waals surface area contributed by atoms with Gasteiger partial charge in [0, 0.05) is 25.5 Å². The van der Waals surface area contributed by atoms with E-state index in [0.29, 0.717) is 13.1 Å². The van der Waals surface area contributed by atoms with Gasteiger partial charge >= 0.3 is 0 Å². The molecule has 0 amide bonds. The summed E-state index contributed by atoms with van der Waals surface area (Å²) < 4.78 is 1.56. The second-order valence-corrected chi connectivity index (χ2v) is 4.03. The highest BCUT2D eigenvalue weighted by Crippen LogP contribution is 2.01. The molecule has 0 spiro atoms. The van der Waals surface area contributed by atoms with Crippen LogP contribution in [0.4, 0.5) is 5.82 Å². The van der Waals surface area contributed by atoms with E-state index in [9.17, 15) is 9.90 Å². The molecule has 1 rings (SSSR count). The third-order valence-corrected chi connectivity index (χ3v) is 1.94. The number of hydrogen-bond donors (Lipinski definition) is 2. The second-order valence-electron chi connectivity index (χ2n) is 4.03. The number of nitrogens with zero attached hydrogens (tertiary/aromatic N) is 2. The molecule has 0 bridgehead atoms. The Hall–Kier alpha value is -1.36. The van der Waals surface area contributed by atoms with Gasteiger partial charge in [0.2, 0.25) is 0 Å². The van der Waals surface area contributed by atoms with Crippen molar-refractivity contribution in [3.63, 3.8) is 0 Å². The van der Waals surface area contributed by atoms with Gasteiger partial charge in [-0.15, -0.1) is 0 Å². The summed E-state index contributed by atoms with van der Waals surface area (Å²) in [5.41, 5.74) is -1.02. The molecule has 0 aliphatic heterocycles. The van der Waals surface area contributed by atoms with Gasteiger partial charge < -0.3 is 15.0 Å². The Morgan fingerprint density at radius 3 is 2.80 bits per heavy atom. The molecule has 2 N–H and O–H groups in total. The summed E-state index contributed by atoms with van der Waals surface area (Å²) in [6.07, 6.45) is 3.20. The van der Waals surface area contributed by atoms with E-state index < -0.39 is 5.60 Å². The molecule has 84 valence electrons. The van der Waals surface area contributed by atoms with Crippen LogP contribution in [0.5, 0.6) is 0 Å². The first-order chi connectivity index (χ1) is 6.94.